The second-order valence-corrected chi connectivity index (χ2v) is 9.34. The van der Waals surface area contributed by atoms with Crippen molar-refractivity contribution in [2.75, 3.05) is 18.2 Å². The molecule has 0 radical (unpaired) electrons. The van der Waals surface area contributed by atoms with E-state index >= 15 is 0 Å². The van der Waals surface area contributed by atoms with Gasteiger partial charge in [-0.15, -0.1) is 21.5 Å². The lowest BCUT2D eigenvalue weighted by molar-refractivity contribution is -0.113. The molecule has 0 aliphatic heterocycles. The zero-order chi connectivity index (χ0) is 21.8. The Labute approximate surface area is 188 Å². The monoisotopic (exact) mass is 460 g/mol. The number of fused-ring (bicyclic) bond motifs is 1. The SMILES string of the molecule is COC(=O)c1c(NC(=O)CSc2nnc(-c3ccco3)n2C)sc2c1CCCCCC2. The van der Waals surface area contributed by atoms with Crippen molar-refractivity contribution in [1.29, 1.82) is 0 Å². The molecule has 4 rings (SSSR count). The highest BCUT2D eigenvalue weighted by Gasteiger charge is 2.26. The second kappa shape index (κ2) is 9.69. The van der Waals surface area contributed by atoms with E-state index in [1.165, 1.54) is 41.5 Å². The summed E-state index contributed by atoms with van der Waals surface area (Å²) >= 11 is 2.77. The third-order valence-electron chi connectivity index (χ3n) is 5.22. The molecule has 10 heteroatoms. The molecule has 1 N–H and O–H groups in total. The fourth-order valence-corrected chi connectivity index (χ4v) is 5.68. The first-order chi connectivity index (χ1) is 15.1. The van der Waals surface area contributed by atoms with Gasteiger partial charge < -0.3 is 19.0 Å². The van der Waals surface area contributed by atoms with Gasteiger partial charge in [0.2, 0.25) is 5.91 Å². The fourth-order valence-electron chi connectivity index (χ4n) is 3.68. The lowest BCUT2D eigenvalue weighted by Crippen LogP contribution is -2.16. The summed E-state index contributed by atoms with van der Waals surface area (Å²) < 4.78 is 12.2. The van der Waals surface area contributed by atoms with Gasteiger partial charge in [-0.2, -0.15) is 0 Å². The number of aryl methyl sites for hydroxylation is 1. The van der Waals surface area contributed by atoms with Crippen LogP contribution in [0.4, 0.5) is 5.00 Å². The Morgan fingerprint density at radius 1 is 1.26 bits per heavy atom. The second-order valence-electron chi connectivity index (χ2n) is 7.29. The van der Waals surface area contributed by atoms with Crippen molar-refractivity contribution in [2.45, 2.75) is 43.7 Å². The summed E-state index contributed by atoms with van der Waals surface area (Å²) in [7, 11) is 3.20. The number of thioether (sulfide) groups is 1. The number of hydrogen-bond acceptors (Lipinski definition) is 8. The van der Waals surface area contributed by atoms with Crippen LogP contribution in [0.3, 0.4) is 0 Å². The Kier molecular flexibility index (Phi) is 6.77. The van der Waals surface area contributed by atoms with Crippen LogP contribution >= 0.6 is 23.1 Å². The predicted molar refractivity (Wildman–Crippen MR) is 120 cm³/mol. The zero-order valence-corrected chi connectivity index (χ0v) is 19.1. The van der Waals surface area contributed by atoms with E-state index < -0.39 is 5.97 Å². The van der Waals surface area contributed by atoms with E-state index in [1.54, 1.807) is 16.9 Å². The van der Waals surface area contributed by atoms with E-state index in [2.05, 4.69) is 15.5 Å². The Morgan fingerprint density at radius 3 is 2.81 bits per heavy atom. The average molecular weight is 461 g/mol. The minimum absolute atomic E-state index is 0.146. The van der Waals surface area contributed by atoms with Crippen molar-refractivity contribution < 1.29 is 18.7 Å². The third kappa shape index (κ3) is 4.69. The summed E-state index contributed by atoms with van der Waals surface area (Å²) in [6.45, 7) is 0. The molecule has 31 heavy (non-hydrogen) atoms. The summed E-state index contributed by atoms with van der Waals surface area (Å²) in [5.41, 5.74) is 1.55. The number of hydrogen-bond donors (Lipinski definition) is 1. The number of furan rings is 1. The van der Waals surface area contributed by atoms with Crippen molar-refractivity contribution >= 4 is 40.0 Å². The highest BCUT2D eigenvalue weighted by molar-refractivity contribution is 7.99. The Hall–Kier alpha value is -2.59. The highest BCUT2D eigenvalue weighted by atomic mass is 32.2. The molecule has 0 unspecified atom stereocenters. The van der Waals surface area contributed by atoms with Crippen LogP contribution in [-0.2, 0) is 29.4 Å². The van der Waals surface area contributed by atoms with Crippen LogP contribution in [-0.4, -0.2) is 39.5 Å². The van der Waals surface area contributed by atoms with Gasteiger partial charge in [0.15, 0.2) is 16.7 Å². The maximum Gasteiger partial charge on any atom is 0.341 e. The first kappa shape index (κ1) is 21.6. The number of aromatic nitrogens is 3. The first-order valence-corrected chi connectivity index (χ1v) is 12.0. The molecule has 0 aromatic carbocycles. The molecule has 0 spiro atoms. The van der Waals surface area contributed by atoms with E-state index in [4.69, 9.17) is 9.15 Å². The Balaban J connectivity index is 1.47. The van der Waals surface area contributed by atoms with E-state index in [0.717, 1.165) is 37.7 Å². The number of methoxy groups -OCH3 is 1. The van der Waals surface area contributed by atoms with Crippen LogP contribution in [0.5, 0.6) is 0 Å². The van der Waals surface area contributed by atoms with Crippen LogP contribution < -0.4 is 5.32 Å². The fraction of sp³-hybridized carbons (Fsp3) is 0.429. The van der Waals surface area contributed by atoms with Crippen molar-refractivity contribution in [1.82, 2.24) is 14.8 Å². The molecule has 1 aliphatic carbocycles. The van der Waals surface area contributed by atoms with Crippen LogP contribution in [0, 0.1) is 0 Å². The Bertz CT molecular complexity index is 1070. The smallest absolute Gasteiger partial charge is 0.341 e. The van der Waals surface area contributed by atoms with Crippen LogP contribution in [0.1, 0.15) is 46.5 Å². The summed E-state index contributed by atoms with van der Waals surface area (Å²) in [6.07, 6.45) is 7.85. The van der Waals surface area contributed by atoms with Gasteiger partial charge in [-0.05, 0) is 43.4 Å². The molecule has 8 nitrogen and oxygen atoms in total. The first-order valence-electron chi connectivity index (χ1n) is 10.2. The Morgan fingerprint density at radius 2 is 2.06 bits per heavy atom. The molecule has 0 saturated heterocycles. The molecule has 0 saturated carbocycles. The van der Waals surface area contributed by atoms with E-state index in [1.807, 2.05) is 13.1 Å². The van der Waals surface area contributed by atoms with Gasteiger partial charge in [0.25, 0.3) is 0 Å². The maximum atomic E-state index is 12.7. The van der Waals surface area contributed by atoms with Crippen LogP contribution in [0.15, 0.2) is 28.0 Å². The van der Waals surface area contributed by atoms with E-state index in [0.29, 0.717) is 27.3 Å². The van der Waals surface area contributed by atoms with Gasteiger partial charge in [0.1, 0.15) is 5.00 Å². The van der Waals surface area contributed by atoms with Crippen molar-refractivity contribution in [3.05, 3.63) is 34.4 Å². The van der Waals surface area contributed by atoms with Crippen molar-refractivity contribution in [3.8, 4) is 11.6 Å². The van der Waals surface area contributed by atoms with Crippen LogP contribution in [0.2, 0.25) is 0 Å². The molecule has 3 heterocycles. The minimum Gasteiger partial charge on any atom is -0.465 e. The largest absolute Gasteiger partial charge is 0.465 e. The summed E-state index contributed by atoms with van der Waals surface area (Å²) in [5, 5.41) is 12.4. The summed E-state index contributed by atoms with van der Waals surface area (Å²) in [6, 6.07) is 3.59. The molecule has 3 aromatic heterocycles. The van der Waals surface area contributed by atoms with Gasteiger partial charge in [0, 0.05) is 11.9 Å². The predicted octanol–water partition coefficient (Wildman–Crippen LogP) is 4.31. The summed E-state index contributed by atoms with van der Waals surface area (Å²) in [5.74, 6) is 0.765. The molecule has 164 valence electrons. The molecule has 1 amide bonds. The van der Waals surface area contributed by atoms with E-state index in [9.17, 15) is 9.59 Å². The van der Waals surface area contributed by atoms with Crippen molar-refractivity contribution in [2.24, 2.45) is 7.05 Å². The number of carbonyl (C=O) groups is 2. The lowest BCUT2D eigenvalue weighted by atomic mass is 9.96. The molecule has 3 aromatic rings. The van der Waals surface area contributed by atoms with Gasteiger partial charge >= 0.3 is 5.97 Å². The number of esters is 1. The van der Waals surface area contributed by atoms with Gasteiger partial charge in [-0.3, -0.25) is 4.79 Å². The molecule has 1 aliphatic rings. The van der Waals surface area contributed by atoms with Crippen LogP contribution in [0.25, 0.3) is 11.6 Å². The van der Waals surface area contributed by atoms with Crippen molar-refractivity contribution in [3.63, 3.8) is 0 Å². The number of carbonyl (C=O) groups excluding carboxylic acids is 2. The number of anilines is 1. The molecular formula is C21H24N4O4S2. The molecule has 0 fully saturated rings. The number of nitrogens with zero attached hydrogens (tertiary/aromatic N) is 3. The molecular weight excluding hydrogens is 436 g/mol. The summed E-state index contributed by atoms with van der Waals surface area (Å²) in [4.78, 5) is 26.4. The quantitative estimate of drug-likeness (QED) is 0.432. The standard InChI is InChI=1S/C21H24N4O4S2/c1-25-18(14-9-7-11-29-14)23-24-21(25)30-12-16(26)22-19-17(20(27)28-2)13-8-5-3-4-6-10-15(13)31-19/h7,9,11H,3-6,8,10,12H2,1-2H3,(H,22,26). The number of thiophene rings is 1. The van der Waals surface area contributed by atoms with Gasteiger partial charge in [0.05, 0.1) is 24.7 Å². The number of nitrogens with one attached hydrogen (secondary N) is 1. The maximum absolute atomic E-state index is 12.7. The van der Waals surface area contributed by atoms with Gasteiger partial charge in [-0.25, -0.2) is 4.79 Å². The zero-order valence-electron chi connectivity index (χ0n) is 17.5. The number of amides is 1. The molecule has 0 atom stereocenters. The molecule has 0 bridgehead atoms. The van der Waals surface area contributed by atoms with E-state index in [-0.39, 0.29) is 11.7 Å². The van der Waals surface area contributed by atoms with Gasteiger partial charge in [-0.1, -0.05) is 24.6 Å². The minimum atomic E-state index is -0.391. The normalized spacial score (nSPS) is 13.9. The third-order valence-corrected chi connectivity index (χ3v) is 7.45. The number of rotatable bonds is 6. The highest BCUT2D eigenvalue weighted by Crippen LogP contribution is 2.37. The topological polar surface area (TPSA) is 99.2 Å². The lowest BCUT2D eigenvalue weighted by Gasteiger charge is -2.11. The average Bonchev–Trinajstić information content (AvgIpc) is 3.46. The number of ether oxygens (including phenoxy) is 1.